The average Bonchev–Trinajstić information content (AvgIpc) is 2.62. The molecule has 0 atom stereocenters. The van der Waals surface area contributed by atoms with Crippen LogP contribution in [0.25, 0.3) is 0 Å². The zero-order valence-corrected chi connectivity index (χ0v) is 10.7. The Morgan fingerprint density at radius 1 is 1.44 bits per heavy atom. The summed E-state index contributed by atoms with van der Waals surface area (Å²) in [5.41, 5.74) is 1.02. The lowest BCUT2D eigenvalue weighted by molar-refractivity contribution is 0.102. The minimum absolute atomic E-state index is 0.0951. The van der Waals surface area contributed by atoms with E-state index in [0.717, 1.165) is 31.0 Å². The quantitative estimate of drug-likeness (QED) is 0.757. The third-order valence-corrected chi connectivity index (χ3v) is 2.00. The molecule has 1 rings (SSSR count). The fourth-order valence-corrected chi connectivity index (χ4v) is 1.18. The second kappa shape index (κ2) is 6.01. The molecule has 1 aromatic rings. The summed E-state index contributed by atoms with van der Waals surface area (Å²) in [7, 11) is 0. The number of nitrogens with one attached hydrogen (secondary N) is 1. The van der Waals surface area contributed by atoms with Gasteiger partial charge in [0, 0.05) is 24.8 Å². The molecule has 92 valence electrons. The molecule has 0 saturated carbocycles. The minimum atomic E-state index is 0.0951. The molecular formula is C12H22N2O2. The van der Waals surface area contributed by atoms with Gasteiger partial charge in [0.05, 0.1) is 5.69 Å². The predicted octanol–water partition coefficient (Wildman–Crippen LogP) is 2.49. The van der Waals surface area contributed by atoms with E-state index in [9.17, 15) is 0 Å². The Morgan fingerprint density at radius 2 is 2.19 bits per heavy atom. The second-order valence-corrected chi connectivity index (χ2v) is 4.94. The van der Waals surface area contributed by atoms with Crippen molar-refractivity contribution in [3.8, 4) is 0 Å². The third kappa shape index (κ3) is 5.28. The molecule has 0 aliphatic carbocycles. The maximum absolute atomic E-state index is 5.37. The van der Waals surface area contributed by atoms with Gasteiger partial charge in [0.25, 0.3) is 0 Å². The van der Waals surface area contributed by atoms with Crippen LogP contribution in [0.3, 0.4) is 0 Å². The molecule has 0 saturated heterocycles. The van der Waals surface area contributed by atoms with E-state index >= 15 is 0 Å². The lowest BCUT2D eigenvalue weighted by Crippen LogP contribution is -2.35. The molecule has 1 N–H and O–H groups in total. The molecule has 0 aliphatic heterocycles. The van der Waals surface area contributed by atoms with E-state index in [1.807, 2.05) is 6.07 Å². The van der Waals surface area contributed by atoms with E-state index in [-0.39, 0.29) is 5.54 Å². The monoisotopic (exact) mass is 226 g/mol. The highest BCUT2D eigenvalue weighted by Crippen LogP contribution is 2.07. The molecule has 0 unspecified atom stereocenters. The summed E-state index contributed by atoms with van der Waals surface area (Å²) in [4.78, 5) is 0. The first kappa shape index (κ1) is 13.2. The molecule has 4 nitrogen and oxygen atoms in total. The maximum atomic E-state index is 5.37. The molecule has 0 radical (unpaired) electrons. The van der Waals surface area contributed by atoms with E-state index in [4.69, 9.17) is 9.26 Å². The van der Waals surface area contributed by atoms with Gasteiger partial charge in [0.2, 0.25) is 0 Å². The van der Waals surface area contributed by atoms with E-state index in [1.54, 1.807) is 0 Å². The molecule has 16 heavy (non-hydrogen) atoms. The van der Waals surface area contributed by atoms with E-state index in [2.05, 4.69) is 38.2 Å². The Kier molecular flexibility index (Phi) is 4.96. The van der Waals surface area contributed by atoms with Gasteiger partial charge in [0.15, 0.2) is 5.76 Å². The Morgan fingerprint density at radius 3 is 2.81 bits per heavy atom. The van der Waals surface area contributed by atoms with Gasteiger partial charge < -0.3 is 14.6 Å². The molecule has 0 amide bonds. The normalized spacial score (nSPS) is 12.0. The van der Waals surface area contributed by atoms with Crippen molar-refractivity contribution in [1.29, 1.82) is 0 Å². The Labute approximate surface area is 97.3 Å². The van der Waals surface area contributed by atoms with E-state index < -0.39 is 0 Å². The van der Waals surface area contributed by atoms with Crippen LogP contribution in [0.1, 0.15) is 45.6 Å². The highest BCUT2D eigenvalue weighted by atomic mass is 16.5. The summed E-state index contributed by atoms with van der Waals surface area (Å²) < 4.78 is 10.5. The number of aromatic nitrogens is 1. The zero-order valence-electron chi connectivity index (χ0n) is 10.7. The van der Waals surface area contributed by atoms with Crippen LogP contribution in [0, 0.1) is 0 Å². The number of hydrogen-bond donors (Lipinski definition) is 1. The van der Waals surface area contributed by atoms with Crippen molar-refractivity contribution in [3.63, 3.8) is 0 Å². The standard InChI is InChI=1S/C12H22N2O2/c1-5-6-15-9-11-7-10(14-16-11)8-13-12(2,3)4/h7,13H,5-6,8-9H2,1-4H3. The van der Waals surface area contributed by atoms with Gasteiger partial charge >= 0.3 is 0 Å². The summed E-state index contributed by atoms with van der Waals surface area (Å²) >= 11 is 0. The Bertz CT molecular complexity index is 302. The Hall–Kier alpha value is -0.870. The van der Waals surface area contributed by atoms with E-state index in [0.29, 0.717) is 6.61 Å². The molecular weight excluding hydrogens is 204 g/mol. The summed E-state index contributed by atoms with van der Waals surface area (Å²) in [6.07, 6.45) is 1.02. The molecule has 1 aromatic heterocycles. The second-order valence-electron chi connectivity index (χ2n) is 4.94. The van der Waals surface area contributed by atoms with Gasteiger partial charge in [-0.25, -0.2) is 0 Å². The first-order chi connectivity index (χ1) is 7.51. The lowest BCUT2D eigenvalue weighted by Gasteiger charge is -2.19. The van der Waals surface area contributed by atoms with Crippen molar-refractivity contribution in [2.75, 3.05) is 6.61 Å². The van der Waals surface area contributed by atoms with Gasteiger partial charge in [-0.15, -0.1) is 0 Å². The molecule has 0 aromatic carbocycles. The molecule has 0 spiro atoms. The van der Waals surface area contributed by atoms with Gasteiger partial charge in [-0.2, -0.15) is 0 Å². The van der Waals surface area contributed by atoms with Gasteiger partial charge in [-0.1, -0.05) is 12.1 Å². The van der Waals surface area contributed by atoms with Crippen LogP contribution >= 0.6 is 0 Å². The van der Waals surface area contributed by atoms with Crippen molar-refractivity contribution in [2.24, 2.45) is 0 Å². The minimum Gasteiger partial charge on any atom is -0.373 e. The molecule has 0 aliphatic rings. The average molecular weight is 226 g/mol. The van der Waals surface area contributed by atoms with Crippen molar-refractivity contribution in [1.82, 2.24) is 10.5 Å². The first-order valence-electron chi connectivity index (χ1n) is 5.78. The zero-order chi connectivity index (χ0) is 12.0. The molecule has 0 bridgehead atoms. The maximum Gasteiger partial charge on any atom is 0.162 e. The van der Waals surface area contributed by atoms with Crippen LogP contribution in [0.2, 0.25) is 0 Å². The molecule has 0 fully saturated rings. The van der Waals surface area contributed by atoms with Crippen LogP contribution < -0.4 is 5.32 Å². The lowest BCUT2D eigenvalue weighted by atomic mass is 10.1. The van der Waals surface area contributed by atoms with Crippen LogP contribution in [0.15, 0.2) is 10.6 Å². The van der Waals surface area contributed by atoms with E-state index in [1.165, 1.54) is 0 Å². The van der Waals surface area contributed by atoms with Gasteiger partial charge in [0.1, 0.15) is 6.61 Å². The number of rotatable bonds is 6. The number of ether oxygens (including phenoxy) is 1. The van der Waals surface area contributed by atoms with Crippen LogP contribution in [-0.4, -0.2) is 17.3 Å². The number of nitrogens with zero attached hydrogens (tertiary/aromatic N) is 1. The number of hydrogen-bond acceptors (Lipinski definition) is 4. The van der Waals surface area contributed by atoms with Crippen molar-refractivity contribution >= 4 is 0 Å². The summed E-state index contributed by atoms with van der Waals surface area (Å²) in [6, 6.07) is 1.94. The van der Waals surface area contributed by atoms with Gasteiger partial charge in [-0.3, -0.25) is 0 Å². The fraction of sp³-hybridized carbons (Fsp3) is 0.750. The molecule has 1 heterocycles. The van der Waals surface area contributed by atoms with Crippen LogP contribution in [0.4, 0.5) is 0 Å². The highest BCUT2D eigenvalue weighted by Gasteiger charge is 2.10. The SMILES string of the molecule is CCCOCc1cc(CNC(C)(C)C)no1. The first-order valence-corrected chi connectivity index (χ1v) is 5.78. The summed E-state index contributed by atoms with van der Waals surface area (Å²) in [5, 5.41) is 7.34. The van der Waals surface area contributed by atoms with Crippen LogP contribution in [-0.2, 0) is 17.9 Å². The highest BCUT2D eigenvalue weighted by molar-refractivity contribution is 5.04. The fourth-order valence-electron chi connectivity index (χ4n) is 1.18. The smallest absolute Gasteiger partial charge is 0.162 e. The van der Waals surface area contributed by atoms with Crippen molar-refractivity contribution in [3.05, 3.63) is 17.5 Å². The van der Waals surface area contributed by atoms with Crippen molar-refractivity contribution in [2.45, 2.75) is 52.8 Å². The Balaban J connectivity index is 2.33. The summed E-state index contributed by atoms with van der Waals surface area (Å²) in [5.74, 6) is 0.791. The largest absolute Gasteiger partial charge is 0.373 e. The van der Waals surface area contributed by atoms with Crippen molar-refractivity contribution < 1.29 is 9.26 Å². The molecule has 4 heteroatoms. The predicted molar refractivity (Wildman–Crippen MR) is 63.0 cm³/mol. The third-order valence-electron chi connectivity index (χ3n) is 2.00. The summed E-state index contributed by atoms with van der Waals surface area (Å²) in [6.45, 7) is 10.4. The van der Waals surface area contributed by atoms with Crippen LogP contribution in [0.5, 0.6) is 0 Å². The topological polar surface area (TPSA) is 47.3 Å². The van der Waals surface area contributed by atoms with Gasteiger partial charge in [-0.05, 0) is 27.2 Å².